The Hall–Kier alpha value is -1.76. The second-order valence-corrected chi connectivity index (χ2v) is 4.00. The SMILES string of the molecule is O=[N+]([O-])c1cnc(N(CCO)C2CCC2)nc1. The van der Waals surface area contributed by atoms with Gasteiger partial charge in [0, 0.05) is 12.6 Å². The van der Waals surface area contributed by atoms with Crippen LogP contribution >= 0.6 is 0 Å². The number of anilines is 1. The number of nitrogens with zero attached hydrogens (tertiary/aromatic N) is 4. The zero-order valence-corrected chi connectivity index (χ0v) is 9.32. The van der Waals surface area contributed by atoms with Crippen LogP contribution < -0.4 is 4.90 Å². The Morgan fingerprint density at radius 2 is 2.12 bits per heavy atom. The number of hydrogen-bond acceptors (Lipinski definition) is 6. The van der Waals surface area contributed by atoms with Crippen molar-refractivity contribution in [1.82, 2.24) is 9.97 Å². The van der Waals surface area contributed by atoms with E-state index in [1.54, 1.807) is 0 Å². The number of nitro groups is 1. The predicted molar refractivity (Wildman–Crippen MR) is 60.8 cm³/mol. The summed E-state index contributed by atoms with van der Waals surface area (Å²) in [5, 5.41) is 19.5. The van der Waals surface area contributed by atoms with Crippen molar-refractivity contribution in [3.05, 3.63) is 22.5 Å². The predicted octanol–water partition coefficient (Wildman–Crippen LogP) is 0.736. The number of aliphatic hydroxyl groups is 1. The molecule has 0 amide bonds. The Labute approximate surface area is 98.3 Å². The van der Waals surface area contributed by atoms with Gasteiger partial charge in [-0.25, -0.2) is 9.97 Å². The van der Waals surface area contributed by atoms with Gasteiger partial charge in [-0.3, -0.25) is 10.1 Å². The molecule has 17 heavy (non-hydrogen) atoms. The highest BCUT2D eigenvalue weighted by Gasteiger charge is 2.26. The number of hydrogen-bond donors (Lipinski definition) is 1. The highest BCUT2D eigenvalue weighted by atomic mass is 16.6. The molecule has 0 spiro atoms. The summed E-state index contributed by atoms with van der Waals surface area (Å²) in [6.07, 6.45) is 5.68. The average molecular weight is 238 g/mol. The fourth-order valence-corrected chi connectivity index (χ4v) is 1.81. The third-order valence-corrected chi connectivity index (χ3v) is 2.95. The first-order chi connectivity index (χ1) is 8.22. The molecule has 92 valence electrons. The number of aliphatic hydroxyl groups excluding tert-OH is 1. The molecule has 1 fully saturated rings. The molecule has 0 atom stereocenters. The molecule has 1 aromatic rings. The van der Waals surface area contributed by atoms with E-state index in [1.807, 2.05) is 4.90 Å². The van der Waals surface area contributed by atoms with Gasteiger partial charge in [0.15, 0.2) is 0 Å². The standard InChI is InChI=1S/C10H14N4O3/c15-5-4-13(8-2-1-3-8)10-11-6-9(7-12-10)14(16)17/h6-8,15H,1-5H2. The molecule has 2 rings (SSSR count). The minimum Gasteiger partial charge on any atom is -0.395 e. The van der Waals surface area contributed by atoms with Gasteiger partial charge in [-0.05, 0) is 19.3 Å². The Morgan fingerprint density at radius 1 is 1.47 bits per heavy atom. The second-order valence-electron chi connectivity index (χ2n) is 4.00. The molecule has 1 N–H and O–H groups in total. The van der Waals surface area contributed by atoms with Crippen molar-refractivity contribution in [3.8, 4) is 0 Å². The maximum Gasteiger partial charge on any atom is 0.305 e. The molecular formula is C10H14N4O3. The van der Waals surface area contributed by atoms with Crippen LogP contribution in [0.2, 0.25) is 0 Å². The lowest BCUT2D eigenvalue weighted by molar-refractivity contribution is -0.385. The Morgan fingerprint density at radius 3 is 2.53 bits per heavy atom. The van der Waals surface area contributed by atoms with E-state index < -0.39 is 4.92 Å². The van der Waals surface area contributed by atoms with Gasteiger partial charge in [-0.15, -0.1) is 0 Å². The van der Waals surface area contributed by atoms with Crippen LogP contribution in [0.1, 0.15) is 19.3 Å². The third-order valence-electron chi connectivity index (χ3n) is 2.95. The molecule has 0 saturated heterocycles. The van der Waals surface area contributed by atoms with Gasteiger partial charge in [0.2, 0.25) is 5.95 Å². The van der Waals surface area contributed by atoms with Crippen LogP contribution in [0.5, 0.6) is 0 Å². The van der Waals surface area contributed by atoms with Gasteiger partial charge in [0.05, 0.1) is 11.5 Å². The van der Waals surface area contributed by atoms with Gasteiger partial charge in [0.1, 0.15) is 12.4 Å². The fraction of sp³-hybridized carbons (Fsp3) is 0.600. The summed E-state index contributed by atoms with van der Waals surface area (Å²) in [7, 11) is 0. The molecule has 7 heteroatoms. The zero-order valence-electron chi connectivity index (χ0n) is 9.32. The minimum absolute atomic E-state index is 0.0247. The van der Waals surface area contributed by atoms with Crippen molar-refractivity contribution in [1.29, 1.82) is 0 Å². The normalized spacial score (nSPS) is 15.4. The van der Waals surface area contributed by atoms with E-state index in [4.69, 9.17) is 5.11 Å². The summed E-state index contributed by atoms with van der Waals surface area (Å²) in [6.45, 7) is 0.485. The first-order valence-corrected chi connectivity index (χ1v) is 5.56. The molecular weight excluding hydrogens is 224 g/mol. The molecule has 0 bridgehead atoms. The lowest BCUT2D eigenvalue weighted by atomic mass is 9.92. The van der Waals surface area contributed by atoms with E-state index in [0.717, 1.165) is 12.8 Å². The van der Waals surface area contributed by atoms with Crippen molar-refractivity contribution < 1.29 is 10.0 Å². The van der Waals surface area contributed by atoms with Crippen molar-refractivity contribution in [2.75, 3.05) is 18.1 Å². The molecule has 0 aliphatic heterocycles. The molecule has 7 nitrogen and oxygen atoms in total. The van der Waals surface area contributed by atoms with Crippen LogP contribution in [-0.2, 0) is 0 Å². The van der Waals surface area contributed by atoms with E-state index in [-0.39, 0.29) is 12.3 Å². The first-order valence-electron chi connectivity index (χ1n) is 5.56. The van der Waals surface area contributed by atoms with E-state index in [0.29, 0.717) is 18.5 Å². The van der Waals surface area contributed by atoms with Crippen molar-refractivity contribution in [2.45, 2.75) is 25.3 Å². The van der Waals surface area contributed by atoms with Crippen LogP contribution in [0, 0.1) is 10.1 Å². The van der Waals surface area contributed by atoms with E-state index in [1.165, 1.54) is 18.8 Å². The molecule has 1 heterocycles. The maximum atomic E-state index is 10.5. The van der Waals surface area contributed by atoms with E-state index in [2.05, 4.69) is 9.97 Å². The Balaban J connectivity index is 2.14. The Bertz CT molecular complexity index is 391. The lowest BCUT2D eigenvalue weighted by Crippen LogP contribution is -2.42. The topological polar surface area (TPSA) is 92.4 Å². The summed E-state index contributed by atoms with van der Waals surface area (Å²) in [5.74, 6) is 0.453. The molecule has 1 aromatic heterocycles. The van der Waals surface area contributed by atoms with Gasteiger partial charge >= 0.3 is 5.69 Å². The van der Waals surface area contributed by atoms with Crippen LogP contribution in [0.3, 0.4) is 0 Å². The maximum absolute atomic E-state index is 10.5. The highest BCUT2D eigenvalue weighted by molar-refractivity contribution is 5.35. The molecule has 1 saturated carbocycles. The van der Waals surface area contributed by atoms with E-state index in [9.17, 15) is 10.1 Å². The molecule has 0 radical (unpaired) electrons. The monoisotopic (exact) mass is 238 g/mol. The summed E-state index contributed by atoms with van der Waals surface area (Å²) in [6, 6.07) is 0.351. The molecule has 0 aromatic carbocycles. The molecule has 0 unspecified atom stereocenters. The van der Waals surface area contributed by atoms with Crippen LogP contribution in [0.25, 0.3) is 0 Å². The van der Waals surface area contributed by atoms with E-state index >= 15 is 0 Å². The average Bonchev–Trinajstić information content (AvgIpc) is 2.26. The highest BCUT2D eigenvalue weighted by Crippen LogP contribution is 2.27. The molecule has 1 aliphatic rings. The van der Waals surface area contributed by atoms with Crippen molar-refractivity contribution in [3.63, 3.8) is 0 Å². The van der Waals surface area contributed by atoms with Crippen LogP contribution in [0.15, 0.2) is 12.4 Å². The number of aromatic nitrogens is 2. The molecule has 1 aliphatic carbocycles. The van der Waals surface area contributed by atoms with Gasteiger partial charge < -0.3 is 10.0 Å². The minimum atomic E-state index is -0.524. The van der Waals surface area contributed by atoms with Crippen molar-refractivity contribution in [2.24, 2.45) is 0 Å². The fourth-order valence-electron chi connectivity index (χ4n) is 1.81. The third kappa shape index (κ3) is 2.50. The lowest BCUT2D eigenvalue weighted by Gasteiger charge is -2.37. The smallest absolute Gasteiger partial charge is 0.305 e. The summed E-state index contributed by atoms with van der Waals surface area (Å²) >= 11 is 0. The van der Waals surface area contributed by atoms with Gasteiger partial charge in [-0.2, -0.15) is 0 Å². The Kier molecular flexibility index (Phi) is 3.48. The van der Waals surface area contributed by atoms with Crippen molar-refractivity contribution >= 4 is 11.6 Å². The summed E-state index contributed by atoms with van der Waals surface area (Å²) in [4.78, 5) is 19.8. The van der Waals surface area contributed by atoms with Crippen LogP contribution in [-0.4, -0.2) is 39.2 Å². The first kappa shape index (κ1) is 11.7. The summed E-state index contributed by atoms with van der Waals surface area (Å²) < 4.78 is 0. The largest absolute Gasteiger partial charge is 0.395 e. The zero-order chi connectivity index (χ0) is 12.3. The second kappa shape index (κ2) is 5.05. The summed E-state index contributed by atoms with van der Waals surface area (Å²) in [5.41, 5.74) is -0.119. The van der Waals surface area contributed by atoms with Gasteiger partial charge in [0.25, 0.3) is 0 Å². The van der Waals surface area contributed by atoms with Crippen LogP contribution in [0.4, 0.5) is 11.6 Å². The number of rotatable bonds is 5. The quantitative estimate of drug-likeness (QED) is 0.600. The van der Waals surface area contributed by atoms with Gasteiger partial charge in [-0.1, -0.05) is 0 Å².